The minimum Gasteiger partial charge on any atom is -1.00 e. The van der Waals surface area contributed by atoms with Crippen LogP contribution in [0.5, 0.6) is 11.5 Å². The third kappa shape index (κ3) is 10.7. The topological polar surface area (TPSA) is 88.1 Å². The van der Waals surface area contributed by atoms with Crippen molar-refractivity contribution in [1.82, 2.24) is 0 Å². The van der Waals surface area contributed by atoms with E-state index in [1.165, 1.54) is 5.57 Å². The summed E-state index contributed by atoms with van der Waals surface area (Å²) in [5.41, 5.74) is 20.1. The number of allylic oxidation sites excluding steroid dienone is 8. The largest absolute Gasteiger partial charge is 4.00 e. The van der Waals surface area contributed by atoms with E-state index < -0.39 is 0 Å². The summed E-state index contributed by atoms with van der Waals surface area (Å²) in [5.74, 6) is 0.500. The zero-order valence-electron chi connectivity index (χ0n) is 21.2. The predicted molar refractivity (Wildman–Crippen MR) is 151 cm³/mol. The van der Waals surface area contributed by atoms with Crippen molar-refractivity contribution in [3.63, 3.8) is 0 Å². The van der Waals surface area contributed by atoms with Crippen LogP contribution in [0.15, 0.2) is 126 Å². The number of hydrogen-bond acceptors (Lipinski definition) is 2. The van der Waals surface area contributed by atoms with Crippen molar-refractivity contribution in [2.75, 3.05) is 0 Å². The average molecular weight is 559 g/mol. The Labute approximate surface area is 247 Å². The summed E-state index contributed by atoms with van der Waals surface area (Å²) in [6.07, 6.45) is 26.9. The van der Waals surface area contributed by atoms with Crippen LogP contribution in [0.3, 0.4) is 0 Å². The zero-order chi connectivity index (χ0) is 25.8. The number of halogens is 1. The fourth-order valence-corrected chi connectivity index (χ4v) is 3.48. The standard InChI is InChI=1S/2C13H12NO.C6H7.ClH.Ti/c2*14-12-7-3-1-5-10(12)9-11-6-2-4-8-13(11)15;1-6-4-2-3-5-6;;/h2*1-9,12,14-15H;2,4H,3H2,1H3;1H;/q3*-1;;+4/p-1. The van der Waals surface area contributed by atoms with Crippen LogP contribution in [0.4, 0.5) is 0 Å². The Morgan fingerprint density at radius 3 is 1.50 bits per heavy atom. The van der Waals surface area contributed by atoms with E-state index in [0.717, 1.165) is 28.7 Å². The molecule has 2 atom stereocenters. The molecule has 0 fully saturated rings. The number of phenols is 2. The second kappa shape index (κ2) is 17.4. The van der Waals surface area contributed by atoms with E-state index in [9.17, 15) is 10.2 Å². The van der Waals surface area contributed by atoms with Crippen LogP contribution in [-0.4, -0.2) is 22.3 Å². The molecule has 0 radical (unpaired) electrons. The van der Waals surface area contributed by atoms with E-state index in [-0.39, 0.29) is 57.7 Å². The first kappa shape index (κ1) is 32.9. The van der Waals surface area contributed by atoms with Crippen molar-refractivity contribution in [2.24, 2.45) is 0 Å². The van der Waals surface area contributed by atoms with Gasteiger partial charge in [0, 0.05) is 11.1 Å². The summed E-state index contributed by atoms with van der Waals surface area (Å²) in [5, 5.41) is 19.2. The Bertz CT molecular complexity index is 1200. The SMILES string of the molecule is CC1=[C-]CC=C1.[Cl-].[NH-]C1C=CC=CC1=Cc1ccccc1O.[NH-]C1C=CC=CC1=Cc1ccccc1O.[Ti+4]. The molecule has 2 unspecified atom stereocenters. The molecule has 0 saturated carbocycles. The Kier molecular flexibility index (Phi) is 15.1. The first-order chi connectivity index (χ1) is 17.4. The summed E-state index contributed by atoms with van der Waals surface area (Å²) in [6, 6.07) is 13.6. The number of para-hydroxylation sites is 2. The van der Waals surface area contributed by atoms with E-state index in [2.05, 4.69) is 25.2 Å². The van der Waals surface area contributed by atoms with Crippen molar-refractivity contribution in [3.05, 3.63) is 155 Å². The summed E-state index contributed by atoms with van der Waals surface area (Å²) in [4.78, 5) is 0. The van der Waals surface area contributed by atoms with E-state index in [1.54, 1.807) is 24.3 Å². The molecule has 0 aromatic heterocycles. The van der Waals surface area contributed by atoms with Gasteiger partial charge in [-0.25, -0.2) is 11.6 Å². The van der Waals surface area contributed by atoms with Crippen LogP contribution >= 0.6 is 0 Å². The summed E-state index contributed by atoms with van der Waals surface area (Å²) >= 11 is 0. The number of hydrogen-bond donors (Lipinski definition) is 2. The van der Waals surface area contributed by atoms with Crippen LogP contribution in [0.1, 0.15) is 24.5 Å². The van der Waals surface area contributed by atoms with Gasteiger partial charge in [-0.1, -0.05) is 115 Å². The number of nitrogens with one attached hydrogen (secondary N) is 2. The first-order valence-corrected chi connectivity index (χ1v) is 11.8. The molecule has 0 bridgehead atoms. The molecule has 0 aliphatic heterocycles. The summed E-state index contributed by atoms with van der Waals surface area (Å²) in [7, 11) is 0. The van der Waals surface area contributed by atoms with Gasteiger partial charge in [-0.3, -0.25) is 6.08 Å². The van der Waals surface area contributed by atoms with Crippen LogP contribution in [0, 0.1) is 6.08 Å². The monoisotopic (exact) mass is 558 g/mol. The number of phenolic OH excluding ortho intramolecular Hbond substituents is 2. The van der Waals surface area contributed by atoms with Crippen LogP contribution < -0.4 is 12.4 Å². The Morgan fingerprint density at radius 2 is 1.18 bits per heavy atom. The maximum atomic E-state index is 9.58. The molecule has 3 aliphatic carbocycles. The Hall–Kier alpha value is -3.12. The molecule has 5 rings (SSSR count). The Morgan fingerprint density at radius 1 is 0.737 bits per heavy atom. The molecule has 0 saturated heterocycles. The molecule has 4 nitrogen and oxygen atoms in total. The summed E-state index contributed by atoms with van der Waals surface area (Å²) in [6.45, 7) is 2.06. The fourth-order valence-electron chi connectivity index (χ4n) is 3.48. The molecule has 0 spiro atoms. The molecule has 4 N–H and O–H groups in total. The van der Waals surface area contributed by atoms with Gasteiger partial charge < -0.3 is 34.1 Å². The van der Waals surface area contributed by atoms with Gasteiger partial charge in [0.25, 0.3) is 0 Å². The van der Waals surface area contributed by atoms with Gasteiger partial charge in [0.15, 0.2) is 0 Å². The number of rotatable bonds is 2. The minimum atomic E-state index is -0.338. The van der Waals surface area contributed by atoms with Gasteiger partial charge in [0.05, 0.1) is 0 Å². The van der Waals surface area contributed by atoms with E-state index in [4.69, 9.17) is 11.5 Å². The van der Waals surface area contributed by atoms with E-state index in [1.807, 2.05) is 85.0 Å². The third-order valence-corrected chi connectivity index (χ3v) is 5.51. The normalized spacial score (nSPS) is 20.4. The Balaban J connectivity index is 0.000000300. The second-order valence-electron chi connectivity index (χ2n) is 8.32. The molecule has 3 aliphatic rings. The van der Waals surface area contributed by atoms with Gasteiger partial charge in [0.1, 0.15) is 11.5 Å². The fraction of sp³-hybridized carbons (Fsp3) is 0.125. The number of benzene rings is 2. The van der Waals surface area contributed by atoms with E-state index in [0.29, 0.717) is 0 Å². The van der Waals surface area contributed by atoms with Crippen molar-refractivity contribution < 1.29 is 44.3 Å². The van der Waals surface area contributed by atoms with Crippen molar-refractivity contribution in [2.45, 2.75) is 25.4 Å². The molecule has 2 aromatic rings. The van der Waals surface area contributed by atoms with Crippen molar-refractivity contribution >= 4 is 12.2 Å². The maximum absolute atomic E-state index is 9.58. The van der Waals surface area contributed by atoms with Crippen molar-refractivity contribution in [1.29, 1.82) is 0 Å². The second-order valence-corrected chi connectivity index (χ2v) is 8.32. The first-order valence-electron chi connectivity index (χ1n) is 11.8. The maximum Gasteiger partial charge on any atom is 4.00 e. The van der Waals surface area contributed by atoms with Gasteiger partial charge in [-0.2, -0.15) is 6.08 Å². The zero-order valence-corrected chi connectivity index (χ0v) is 23.5. The van der Waals surface area contributed by atoms with Gasteiger partial charge >= 0.3 is 21.7 Å². The van der Waals surface area contributed by atoms with Gasteiger partial charge in [-0.05, 0) is 24.3 Å². The molecule has 192 valence electrons. The van der Waals surface area contributed by atoms with Gasteiger partial charge in [-0.15, -0.1) is 6.42 Å². The molecular formula is C32H31ClN2O2Ti. The molecule has 0 heterocycles. The molecule has 2 aromatic carbocycles. The predicted octanol–water partition coefficient (Wildman–Crippen LogP) is 5.34. The van der Waals surface area contributed by atoms with Crippen molar-refractivity contribution in [3.8, 4) is 11.5 Å². The van der Waals surface area contributed by atoms with Crippen LogP contribution in [0.2, 0.25) is 0 Å². The number of aromatic hydroxyl groups is 2. The average Bonchev–Trinajstić information content (AvgIpc) is 3.36. The van der Waals surface area contributed by atoms with E-state index >= 15 is 0 Å². The molecule has 38 heavy (non-hydrogen) atoms. The molecular weight excluding hydrogens is 528 g/mol. The van der Waals surface area contributed by atoms with Crippen LogP contribution in [-0.2, 0) is 21.7 Å². The van der Waals surface area contributed by atoms with Crippen LogP contribution in [0.25, 0.3) is 23.6 Å². The minimum absolute atomic E-state index is 0. The summed E-state index contributed by atoms with van der Waals surface area (Å²) < 4.78 is 0. The van der Waals surface area contributed by atoms with Gasteiger partial charge in [0.2, 0.25) is 0 Å². The smallest absolute Gasteiger partial charge is 1.00 e. The quantitative estimate of drug-likeness (QED) is 0.385. The third-order valence-electron chi connectivity index (χ3n) is 5.51. The molecule has 0 amide bonds. The molecule has 6 heteroatoms.